The Bertz CT molecular complexity index is 1040. The second kappa shape index (κ2) is 38.4. The standard InChI is InChI=1S/C42H74NO8P/c1-3-5-7-9-11-13-15-17-19-20-21-23-25-27-29-31-33-35-42(45)51-40(39-50-52(46,47)49-37-36-43)38-48-41(44)34-32-30-28-26-24-22-18-16-14-12-10-8-6-4-2/h5,7,11,13,17,19,21,23,27,29,40H,3-4,6,8-10,12,14-16,18,20,22,24-26,28,30-39,43H2,1-2H3,(H,46,47)/b7-5-,13-11-,19-17-,23-21-,29-27-/t40-/m1/s1. The molecule has 3 N–H and O–H groups in total. The zero-order chi connectivity index (χ0) is 38.2. The molecule has 0 saturated carbocycles. The SMILES string of the molecule is CC/C=C\C/C=C\C/C=C\C/C=C\C/C=C\CCCC(=O)O[C@H](COC(=O)CCCCCCCCCCCCCCCC)COP(=O)(O)OCCN. The maximum absolute atomic E-state index is 12.5. The number of esters is 2. The van der Waals surface area contributed by atoms with Gasteiger partial charge in [-0.1, -0.05) is 158 Å². The molecule has 0 rings (SSSR count). The summed E-state index contributed by atoms with van der Waals surface area (Å²) in [5, 5.41) is 0. The number of rotatable bonds is 37. The van der Waals surface area contributed by atoms with Crippen LogP contribution in [-0.2, 0) is 32.7 Å². The van der Waals surface area contributed by atoms with Crippen molar-refractivity contribution in [1.29, 1.82) is 0 Å². The number of nitrogens with two attached hydrogens (primary N) is 1. The first-order valence-electron chi connectivity index (χ1n) is 20.3. The molecule has 10 heteroatoms. The van der Waals surface area contributed by atoms with E-state index in [2.05, 4.69) is 68.5 Å². The summed E-state index contributed by atoms with van der Waals surface area (Å²) < 4.78 is 32.6. The van der Waals surface area contributed by atoms with Crippen molar-refractivity contribution in [2.24, 2.45) is 5.73 Å². The summed E-state index contributed by atoms with van der Waals surface area (Å²) in [4.78, 5) is 34.8. The minimum Gasteiger partial charge on any atom is -0.462 e. The number of carbonyl (C=O) groups is 2. The van der Waals surface area contributed by atoms with Crippen LogP contribution in [0.5, 0.6) is 0 Å². The van der Waals surface area contributed by atoms with Crippen LogP contribution in [0.25, 0.3) is 0 Å². The van der Waals surface area contributed by atoms with E-state index in [9.17, 15) is 19.0 Å². The van der Waals surface area contributed by atoms with Gasteiger partial charge in [0.25, 0.3) is 0 Å². The fraction of sp³-hybridized carbons (Fsp3) is 0.714. The summed E-state index contributed by atoms with van der Waals surface area (Å²) in [5.41, 5.74) is 5.33. The molecule has 0 aromatic carbocycles. The number of allylic oxidation sites excluding steroid dienone is 10. The van der Waals surface area contributed by atoms with Crippen molar-refractivity contribution in [3.8, 4) is 0 Å². The summed E-state index contributed by atoms with van der Waals surface area (Å²) in [6, 6.07) is 0. The second-order valence-electron chi connectivity index (χ2n) is 13.1. The number of ether oxygens (including phenoxy) is 2. The third-order valence-electron chi connectivity index (χ3n) is 8.17. The van der Waals surface area contributed by atoms with Crippen molar-refractivity contribution >= 4 is 19.8 Å². The maximum Gasteiger partial charge on any atom is 0.472 e. The zero-order valence-electron chi connectivity index (χ0n) is 32.8. The van der Waals surface area contributed by atoms with E-state index in [1.54, 1.807) is 0 Å². The van der Waals surface area contributed by atoms with E-state index in [0.717, 1.165) is 51.4 Å². The first kappa shape index (κ1) is 49.7. The van der Waals surface area contributed by atoms with Crippen molar-refractivity contribution in [1.82, 2.24) is 0 Å². The highest BCUT2D eigenvalue weighted by Gasteiger charge is 2.25. The van der Waals surface area contributed by atoms with Crippen LogP contribution >= 0.6 is 7.82 Å². The third kappa shape index (κ3) is 37.5. The summed E-state index contributed by atoms with van der Waals surface area (Å²) in [7, 11) is -4.39. The van der Waals surface area contributed by atoms with Crippen LogP contribution < -0.4 is 5.73 Å². The van der Waals surface area contributed by atoms with Crippen LogP contribution in [0, 0.1) is 0 Å². The van der Waals surface area contributed by atoms with Gasteiger partial charge in [-0.3, -0.25) is 18.6 Å². The van der Waals surface area contributed by atoms with Gasteiger partial charge in [-0.15, -0.1) is 0 Å². The van der Waals surface area contributed by atoms with Gasteiger partial charge in [0.2, 0.25) is 0 Å². The molecule has 0 bridgehead atoms. The molecule has 0 saturated heterocycles. The Labute approximate surface area is 317 Å². The lowest BCUT2D eigenvalue weighted by atomic mass is 10.0. The zero-order valence-corrected chi connectivity index (χ0v) is 33.7. The van der Waals surface area contributed by atoms with Gasteiger partial charge < -0.3 is 20.1 Å². The monoisotopic (exact) mass is 752 g/mol. The molecule has 0 aromatic rings. The average Bonchev–Trinajstić information content (AvgIpc) is 3.13. The van der Waals surface area contributed by atoms with E-state index in [1.165, 1.54) is 70.6 Å². The number of hydrogen-bond acceptors (Lipinski definition) is 8. The lowest BCUT2D eigenvalue weighted by Crippen LogP contribution is -2.29. The summed E-state index contributed by atoms with van der Waals surface area (Å²) in [5.74, 6) is -0.899. The second-order valence-corrected chi connectivity index (χ2v) is 14.6. The molecule has 1 unspecified atom stereocenters. The first-order chi connectivity index (χ1) is 25.3. The lowest BCUT2D eigenvalue weighted by molar-refractivity contribution is -0.161. The van der Waals surface area contributed by atoms with Crippen molar-refractivity contribution in [3.63, 3.8) is 0 Å². The molecule has 0 spiro atoms. The van der Waals surface area contributed by atoms with E-state index in [4.69, 9.17) is 24.3 Å². The van der Waals surface area contributed by atoms with Gasteiger partial charge in [0.1, 0.15) is 6.61 Å². The molecule has 300 valence electrons. The molecule has 2 atom stereocenters. The van der Waals surface area contributed by atoms with Gasteiger partial charge in [-0.05, 0) is 51.4 Å². The Morgan fingerprint density at radius 2 is 1.06 bits per heavy atom. The van der Waals surface area contributed by atoms with Crippen LogP contribution in [0.3, 0.4) is 0 Å². The molecule has 0 heterocycles. The van der Waals surface area contributed by atoms with E-state index in [-0.39, 0.29) is 32.6 Å². The van der Waals surface area contributed by atoms with Crippen molar-refractivity contribution in [2.75, 3.05) is 26.4 Å². The minimum absolute atomic E-state index is 0.0427. The maximum atomic E-state index is 12.5. The van der Waals surface area contributed by atoms with E-state index < -0.39 is 32.5 Å². The molecule has 0 fully saturated rings. The number of unbranched alkanes of at least 4 members (excludes halogenated alkanes) is 14. The van der Waals surface area contributed by atoms with Crippen LogP contribution in [0.15, 0.2) is 60.8 Å². The molecule has 0 aliphatic carbocycles. The number of hydrogen-bond donors (Lipinski definition) is 2. The molecular weight excluding hydrogens is 677 g/mol. The fourth-order valence-corrected chi connectivity index (χ4v) is 5.96. The molecule has 0 aliphatic rings. The van der Waals surface area contributed by atoms with Crippen LogP contribution in [-0.4, -0.2) is 49.3 Å². The number of carbonyl (C=O) groups excluding carboxylic acids is 2. The highest BCUT2D eigenvalue weighted by atomic mass is 31.2. The van der Waals surface area contributed by atoms with Crippen LogP contribution in [0.1, 0.15) is 162 Å². The topological polar surface area (TPSA) is 134 Å². The Morgan fingerprint density at radius 1 is 0.596 bits per heavy atom. The van der Waals surface area contributed by atoms with Gasteiger partial charge >= 0.3 is 19.8 Å². The van der Waals surface area contributed by atoms with Crippen molar-refractivity contribution in [2.45, 2.75) is 168 Å². The first-order valence-corrected chi connectivity index (χ1v) is 21.8. The largest absolute Gasteiger partial charge is 0.472 e. The predicted octanol–water partition coefficient (Wildman–Crippen LogP) is 11.3. The lowest BCUT2D eigenvalue weighted by Gasteiger charge is -2.19. The third-order valence-corrected chi connectivity index (χ3v) is 9.15. The van der Waals surface area contributed by atoms with Crippen LogP contribution in [0.4, 0.5) is 0 Å². The molecular formula is C42H74NO8P. The molecule has 52 heavy (non-hydrogen) atoms. The highest BCUT2D eigenvalue weighted by molar-refractivity contribution is 7.47. The number of phosphoric ester groups is 1. The van der Waals surface area contributed by atoms with Crippen molar-refractivity contribution < 1.29 is 37.6 Å². The highest BCUT2D eigenvalue weighted by Crippen LogP contribution is 2.43. The Kier molecular flexibility index (Phi) is 36.7. The van der Waals surface area contributed by atoms with Gasteiger partial charge in [-0.2, -0.15) is 0 Å². The van der Waals surface area contributed by atoms with Crippen molar-refractivity contribution in [3.05, 3.63) is 60.8 Å². The molecule has 0 amide bonds. The summed E-state index contributed by atoms with van der Waals surface area (Å²) >= 11 is 0. The molecule has 9 nitrogen and oxygen atoms in total. The van der Waals surface area contributed by atoms with Gasteiger partial charge in [0.05, 0.1) is 13.2 Å². The van der Waals surface area contributed by atoms with E-state index in [1.807, 2.05) is 6.08 Å². The molecule has 0 aromatic heterocycles. The Balaban J connectivity index is 4.30. The van der Waals surface area contributed by atoms with E-state index >= 15 is 0 Å². The quantitative estimate of drug-likeness (QED) is 0.0275. The average molecular weight is 752 g/mol. The molecule has 0 radical (unpaired) electrons. The smallest absolute Gasteiger partial charge is 0.462 e. The normalized spacial score (nSPS) is 14.0. The Hall–Kier alpha value is -2.29. The van der Waals surface area contributed by atoms with E-state index in [0.29, 0.717) is 12.8 Å². The van der Waals surface area contributed by atoms with Gasteiger partial charge in [-0.25, -0.2) is 4.57 Å². The molecule has 0 aliphatic heterocycles. The number of phosphoric acid groups is 1. The predicted molar refractivity (Wildman–Crippen MR) is 215 cm³/mol. The summed E-state index contributed by atoms with van der Waals surface area (Å²) in [6.07, 6.45) is 44.0. The van der Waals surface area contributed by atoms with Gasteiger partial charge in [0, 0.05) is 19.4 Å². The minimum atomic E-state index is -4.39. The fourth-order valence-electron chi connectivity index (χ4n) is 5.20. The summed E-state index contributed by atoms with van der Waals surface area (Å²) in [6.45, 7) is 3.54. The van der Waals surface area contributed by atoms with Crippen LogP contribution in [0.2, 0.25) is 0 Å². The Morgan fingerprint density at radius 3 is 1.56 bits per heavy atom. The van der Waals surface area contributed by atoms with Gasteiger partial charge in [0.15, 0.2) is 6.10 Å².